The quantitative estimate of drug-likeness (QED) is 0.753. The van der Waals surface area contributed by atoms with Crippen molar-refractivity contribution in [2.45, 2.75) is 26.3 Å². The third-order valence-corrected chi connectivity index (χ3v) is 3.60. The van der Waals surface area contributed by atoms with Gasteiger partial charge in [-0.1, -0.05) is 20.3 Å². The highest BCUT2D eigenvalue weighted by atomic mass is 35.5. The minimum absolute atomic E-state index is 0. The Bertz CT molecular complexity index is 572. The van der Waals surface area contributed by atoms with E-state index in [1.165, 1.54) is 32.4 Å². The van der Waals surface area contributed by atoms with E-state index in [9.17, 15) is 14.4 Å². The Labute approximate surface area is 147 Å². The SMILES string of the molecule is CCC(C)C(N)C(=O)Nc1cc(C(=O)OC)cc(C(=O)OC)c1.Cl. The Morgan fingerprint density at radius 3 is 1.92 bits per heavy atom. The lowest BCUT2D eigenvalue weighted by Crippen LogP contribution is -2.40. The third-order valence-electron chi connectivity index (χ3n) is 3.60. The summed E-state index contributed by atoms with van der Waals surface area (Å²) in [6.07, 6.45) is 0.754. The van der Waals surface area contributed by atoms with Crippen LogP contribution in [0.4, 0.5) is 5.69 Å². The van der Waals surface area contributed by atoms with Gasteiger partial charge in [0.2, 0.25) is 5.91 Å². The second-order valence-electron chi connectivity index (χ2n) is 5.18. The molecule has 8 heteroatoms. The van der Waals surface area contributed by atoms with E-state index in [-0.39, 0.29) is 35.1 Å². The van der Waals surface area contributed by atoms with Gasteiger partial charge >= 0.3 is 11.9 Å². The van der Waals surface area contributed by atoms with Gasteiger partial charge in [-0.3, -0.25) is 4.79 Å². The molecule has 7 nitrogen and oxygen atoms in total. The average molecular weight is 359 g/mol. The second kappa shape index (κ2) is 9.89. The third kappa shape index (κ3) is 5.50. The maximum atomic E-state index is 12.1. The van der Waals surface area contributed by atoms with Gasteiger partial charge in [-0.25, -0.2) is 9.59 Å². The first kappa shape index (κ1) is 21.9. The molecule has 1 aromatic rings. The van der Waals surface area contributed by atoms with E-state index in [4.69, 9.17) is 5.73 Å². The first-order valence-corrected chi connectivity index (χ1v) is 7.22. The largest absolute Gasteiger partial charge is 0.465 e. The van der Waals surface area contributed by atoms with Crippen molar-refractivity contribution in [1.82, 2.24) is 0 Å². The highest BCUT2D eigenvalue weighted by Crippen LogP contribution is 2.18. The standard InChI is InChI=1S/C16H22N2O5.ClH/c1-5-9(2)13(17)14(19)18-12-7-10(15(20)22-3)6-11(8-12)16(21)23-4;/h6-9,13H,5,17H2,1-4H3,(H,18,19);1H. The number of rotatable bonds is 6. The summed E-state index contributed by atoms with van der Waals surface area (Å²) in [7, 11) is 2.45. The van der Waals surface area contributed by atoms with Crippen molar-refractivity contribution in [3.05, 3.63) is 29.3 Å². The summed E-state index contributed by atoms with van der Waals surface area (Å²) in [5.41, 5.74) is 6.40. The number of methoxy groups -OCH3 is 2. The highest BCUT2D eigenvalue weighted by molar-refractivity contribution is 6.00. The molecular weight excluding hydrogens is 336 g/mol. The predicted octanol–water partition coefficient (Wildman–Crippen LogP) is 1.99. The van der Waals surface area contributed by atoms with Crippen molar-refractivity contribution >= 4 is 35.9 Å². The maximum absolute atomic E-state index is 12.1. The van der Waals surface area contributed by atoms with E-state index >= 15 is 0 Å². The van der Waals surface area contributed by atoms with E-state index in [0.29, 0.717) is 0 Å². The van der Waals surface area contributed by atoms with Gasteiger partial charge < -0.3 is 20.5 Å². The van der Waals surface area contributed by atoms with Crippen LogP contribution in [-0.4, -0.2) is 38.1 Å². The van der Waals surface area contributed by atoms with Gasteiger partial charge in [0.1, 0.15) is 0 Å². The summed E-state index contributed by atoms with van der Waals surface area (Å²) < 4.78 is 9.28. The molecule has 3 N–H and O–H groups in total. The lowest BCUT2D eigenvalue weighted by Gasteiger charge is -2.18. The Morgan fingerprint density at radius 2 is 1.54 bits per heavy atom. The molecule has 0 aromatic heterocycles. The van der Waals surface area contributed by atoms with E-state index < -0.39 is 23.9 Å². The first-order chi connectivity index (χ1) is 10.8. The number of carbonyl (C=O) groups excluding carboxylic acids is 3. The minimum Gasteiger partial charge on any atom is -0.465 e. The number of nitrogens with one attached hydrogen (secondary N) is 1. The fraction of sp³-hybridized carbons (Fsp3) is 0.438. The van der Waals surface area contributed by atoms with Crippen molar-refractivity contribution in [3.8, 4) is 0 Å². The highest BCUT2D eigenvalue weighted by Gasteiger charge is 2.21. The minimum atomic E-state index is -0.691. The van der Waals surface area contributed by atoms with Crippen LogP contribution in [0.15, 0.2) is 18.2 Å². The molecular formula is C16H23ClN2O5. The second-order valence-corrected chi connectivity index (χ2v) is 5.18. The van der Waals surface area contributed by atoms with Gasteiger partial charge in [-0.2, -0.15) is 0 Å². The van der Waals surface area contributed by atoms with Gasteiger partial charge in [0.05, 0.1) is 31.4 Å². The smallest absolute Gasteiger partial charge is 0.337 e. The van der Waals surface area contributed by atoms with Gasteiger partial charge in [-0.05, 0) is 24.1 Å². The molecule has 2 atom stereocenters. The van der Waals surface area contributed by atoms with E-state index in [2.05, 4.69) is 14.8 Å². The Balaban J connectivity index is 0.00000529. The summed E-state index contributed by atoms with van der Waals surface area (Å²) in [5.74, 6) is -1.65. The lowest BCUT2D eigenvalue weighted by atomic mass is 9.99. The molecule has 0 radical (unpaired) electrons. The molecule has 0 aliphatic rings. The van der Waals surface area contributed by atoms with Crippen molar-refractivity contribution < 1.29 is 23.9 Å². The summed E-state index contributed by atoms with van der Waals surface area (Å²) in [5, 5.41) is 2.62. The van der Waals surface area contributed by atoms with Crippen molar-refractivity contribution in [2.75, 3.05) is 19.5 Å². The van der Waals surface area contributed by atoms with Crippen LogP contribution in [0.3, 0.4) is 0 Å². The zero-order valence-electron chi connectivity index (χ0n) is 14.1. The lowest BCUT2D eigenvalue weighted by molar-refractivity contribution is -0.118. The van der Waals surface area contributed by atoms with E-state index in [0.717, 1.165) is 6.42 Å². The average Bonchev–Trinajstić information content (AvgIpc) is 2.58. The molecule has 0 spiro atoms. The number of anilines is 1. The summed E-state index contributed by atoms with van der Waals surface area (Å²) >= 11 is 0. The van der Waals surface area contributed by atoms with Crippen LogP contribution < -0.4 is 11.1 Å². The molecule has 134 valence electrons. The maximum Gasteiger partial charge on any atom is 0.337 e. The number of halogens is 1. The summed E-state index contributed by atoms with van der Waals surface area (Å²) in [4.78, 5) is 35.5. The van der Waals surface area contributed by atoms with Crippen LogP contribution in [-0.2, 0) is 14.3 Å². The zero-order chi connectivity index (χ0) is 17.6. The normalized spacial score (nSPS) is 12.4. The summed E-state index contributed by atoms with van der Waals surface area (Å²) in [6.45, 7) is 3.81. The van der Waals surface area contributed by atoms with Crippen LogP contribution in [0.5, 0.6) is 0 Å². The number of esters is 2. The van der Waals surface area contributed by atoms with Gasteiger partial charge in [0.15, 0.2) is 0 Å². The molecule has 0 saturated carbocycles. The van der Waals surface area contributed by atoms with Crippen molar-refractivity contribution in [1.29, 1.82) is 0 Å². The van der Waals surface area contributed by atoms with Gasteiger partial charge in [0.25, 0.3) is 0 Å². The molecule has 1 rings (SSSR count). The fourth-order valence-corrected chi connectivity index (χ4v) is 1.91. The molecule has 0 bridgehead atoms. The predicted molar refractivity (Wildman–Crippen MR) is 92.4 cm³/mol. The zero-order valence-corrected chi connectivity index (χ0v) is 14.9. The molecule has 0 saturated heterocycles. The molecule has 2 unspecified atom stereocenters. The molecule has 0 fully saturated rings. The number of amides is 1. The molecule has 0 aliphatic carbocycles. The van der Waals surface area contributed by atoms with Crippen LogP contribution in [0.25, 0.3) is 0 Å². The molecule has 24 heavy (non-hydrogen) atoms. The summed E-state index contributed by atoms with van der Waals surface area (Å²) in [6, 6.07) is 3.48. The molecule has 0 heterocycles. The number of benzene rings is 1. The van der Waals surface area contributed by atoms with Crippen LogP contribution in [0.2, 0.25) is 0 Å². The van der Waals surface area contributed by atoms with E-state index in [1.807, 2.05) is 13.8 Å². The van der Waals surface area contributed by atoms with Crippen molar-refractivity contribution in [3.63, 3.8) is 0 Å². The van der Waals surface area contributed by atoms with Gasteiger partial charge in [-0.15, -0.1) is 12.4 Å². The molecule has 1 aromatic carbocycles. The Morgan fingerprint density at radius 1 is 1.08 bits per heavy atom. The van der Waals surface area contributed by atoms with Gasteiger partial charge in [0, 0.05) is 5.69 Å². The topological polar surface area (TPSA) is 108 Å². The fourth-order valence-electron chi connectivity index (χ4n) is 1.91. The number of nitrogens with two attached hydrogens (primary N) is 1. The molecule has 1 amide bonds. The number of carbonyl (C=O) groups is 3. The number of ether oxygens (including phenoxy) is 2. The Hall–Kier alpha value is -2.12. The van der Waals surface area contributed by atoms with Crippen LogP contribution in [0.1, 0.15) is 41.0 Å². The van der Waals surface area contributed by atoms with Crippen molar-refractivity contribution in [2.24, 2.45) is 11.7 Å². The number of hydrogen-bond acceptors (Lipinski definition) is 6. The van der Waals surface area contributed by atoms with Crippen LogP contribution >= 0.6 is 12.4 Å². The monoisotopic (exact) mass is 358 g/mol. The first-order valence-electron chi connectivity index (χ1n) is 7.22. The molecule has 0 aliphatic heterocycles. The Kier molecular flexibility index (Phi) is 9.02. The van der Waals surface area contributed by atoms with Crippen LogP contribution in [0, 0.1) is 5.92 Å². The number of hydrogen-bond donors (Lipinski definition) is 2. The van der Waals surface area contributed by atoms with E-state index in [1.54, 1.807) is 0 Å².